The van der Waals surface area contributed by atoms with E-state index in [2.05, 4.69) is 16.7 Å². The van der Waals surface area contributed by atoms with E-state index in [0.29, 0.717) is 30.3 Å². The fraction of sp³-hybridized carbons (Fsp3) is 0.208. The fourth-order valence-corrected chi connectivity index (χ4v) is 3.53. The van der Waals surface area contributed by atoms with Crippen molar-refractivity contribution in [2.75, 3.05) is 25.1 Å². The van der Waals surface area contributed by atoms with Crippen molar-refractivity contribution in [1.29, 1.82) is 0 Å². The summed E-state index contributed by atoms with van der Waals surface area (Å²) in [4.78, 5) is 12.4. The number of anilines is 1. The number of benzene rings is 3. The Morgan fingerprint density at radius 3 is 2.60 bits per heavy atom. The molecule has 0 saturated carbocycles. The van der Waals surface area contributed by atoms with Crippen LogP contribution in [0.2, 0.25) is 5.02 Å². The molecule has 3 aromatic carbocycles. The minimum Gasteiger partial charge on any atom is -0.486 e. The molecule has 2 N–H and O–H groups in total. The summed E-state index contributed by atoms with van der Waals surface area (Å²) < 4.78 is 11.2. The zero-order chi connectivity index (χ0) is 20.8. The van der Waals surface area contributed by atoms with Crippen molar-refractivity contribution in [3.8, 4) is 11.5 Å². The maximum absolute atomic E-state index is 12.4. The molecule has 3 aromatic rings. The Hall–Kier alpha value is -3.02. The lowest BCUT2D eigenvalue weighted by Crippen LogP contribution is -2.18. The highest BCUT2D eigenvalue weighted by Crippen LogP contribution is 2.30. The van der Waals surface area contributed by atoms with Gasteiger partial charge in [-0.3, -0.25) is 4.79 Å². The van der Waals surface area contributed by atoms with Gasteiger partial charge in [0.15, 0.2) is 11.5 Å². The Balaban J connectivity index is 1.28. The summed E-state index contributed by atoms with van der Waals surface area (Å²) in [6, 6.07) is 20.9. The molecule has 154 valence electrons. The van der Waals surface area contributed by atoms with E-state index in [1.54, 1.807) is 24.3 Å². The van der Waals surface area contributed by atoms with Crippen LogP contribution in [-0.2, 0) is 13.0 Å². The minimum atomic E-state index is -0.218. The van der Waals surface area contributed by atoms with Gasteiger partial charge in [-0.05, 0) is 60.5 Å². The molecule has 6 heteroatoms. The highest BCUT2D eigenvalue weighted by molar-refractivity contribution is 6.34. The SMILES string of the molecule is O=C(Nc1cccc(CNCCc2ccc3c(c2)OCCO3)c1)c1ccccc1Cl. The van der Waals surface area contributed by atoms with E-state index in [1.165, 1.54) is 5.56 Å². The molecule has 1 heterocycles. The molecule has 5 nitrogen and oxygen atoms in total. The fourth-order valence-electron chi connectivity index (χ4n) is 3.31. The first-order chi connectivity index (χ1) is 14.7. The van der Waals surface area contributed by atoms with Crippen LogP contribution in [0.3, 0.4) is 0 Å². The van der Waals surface area contributed by atoms with E-state index < -0.39 is 0 Å². The van der Waals surface area contributed by atoms with Crippen LogP contribution in [-0.4, -0.2) is 25.7 Å². The number of halogens is 1. The summed E-state index contributed by atoms with van der Waals surface area (Å²) in [7, 11) is 0. The second kappa shape index (κ2) is 9.65. The van der Waals surface area contributed by atoms with Gasteiger partial charge >= 0.3 is 0 Å². The van der Waals surface area contributed by atoms with Gasteiger partial charge in [0.1, 0.15) is 13.2 Å². The molecular formula is C24H23ClN2O3. The third kappa shape index (κ3) is 5.12. The van der Waals surface area contributed by atoms with Gasteiger partial charge in [-0.2, -0.15) is 0 Å². The quantitative estimate of drug-likeness (QED) is 0.542. The molecule has 1 aliphatic heterocycles. The summed E-state index contributed by atoms with van der Waals surface area (Å²) in [5.74, 6) is 1.42. The molecule has 0 aliphatic carbocycles. The Bertz CT molecular complexity index is 1040. The number of hydrogen-bond donors (Lipinski definition) is 2. The summed E-state index contributed by atoms with van der Waals surface area (Å²) in [6.07, 6.45) is 0.888. The lowest BCUT2D eigenvalue weighted by molar-refractivity contribution is 0.102. The lowest BCUT2D eigenvalue weighted by Gasteiger charge is -2.18. The number of fused-ring (bicyclic) bond motifs is 1. The molecule has 0 radical (unpaired) electrons. The molecule has 1 aliphatic rings. The number of carbonyl (C=O) groups is 1. The van der Waals surface area contributed by atoms with Gasteiger partial charge in [0.25, 0.3) is 5.91 Å². The topological polar surface area (TPSA) is 59.6 Å². The van der Waals surface area contributed by atoms with Gasteiger partial charge in [-0.25, -0.2) is 0 Å². The molecule has 0 aromatic heterocycles. The third-order valence-electron chi connectivity index (χ3n) is 4.83. The Morgan fingerprint density at radius 1 is 0.900 bits per heavy atom. The molecule has 0 bridgehead atoms. The molecular weight excluding hydrogens is 400 g/mol. The van der Waals surface area contributed by atoms with Crippen molar-refractivity contribution in [3.05, 3.63) is 88.4 Å². The van der Waals surface area contributed by atoms with Crippen molar-refractivity contribution >= 4 is 23.2 Å². The van der Waals surface area contributed by atoms with Crippen molar-refractivity contribution in [1.82, 2.24) is 5.32 Å². The van der Waals surface area contributed by atoms with Crippen molar-refractivity contribution in [2.45, 2.75) is 13.0 Å². The van der Waals surface area contributed by atoms with E-state index in [1.807, 2.05) is 36.4 Å². The molecule has 30 heavy (non-hydrogen) atoms. The Morgan fingerprint density at radius 2 is 1.73 bits per heavy atom. The average molecular weight is 423 g/mol. The first kappa shape index (κ1) is 20.3. The molecule has 0 unspecified atom stereocenters. The van der Waals surface area contributed by atoms with Gasteiger partial charge in [0.2, 0.25) is 0 Å². The first-order valence-corrected chi connectivity index (χ1v) is 10.3. The highest BCUT2D eigenvalue weighted by Gasteiger charge is 2.12. The molecule has 0 atom stereocenters. The van der Waals surface area contributed by atoms with Crippen LogP contribution in [0.15, 0.2) is 66.7 Å². The summed E-state index contributed by atoms with van der Waals surface area (Å²) in [5, 5.41) is 6.79. The third-order valence-corrected chi connectivity index (χ3v) is 5.16. The van der Waals surface area contributed by atoms with Crippen LogP contribution in [0.25, 0.3) is 0 Å². The smallest absolute Gasteiger partial charge is 0.257 e. The Labute approximate surface area is 181 Å². The van der Waals surface area contributed by atoms with Gasteiger partial charge in [0.05, 0.1) is 10.6 Å². The van der Waals surface area contributed by atoms with Crippen molar-refractivity contribution < 1.29 is 14.3 Å². The van der Waals surface area contributed by atoms with Crippen LogP contribution in [0.1, 0.15) is 21.5 Å². The minimum absolute atomic E-state index is 0.218. The monoisotopic (exact) mass is 422 g/mol. The molecule has 0 spiro atoms. The van der Waals surface area contributed by atoms with E-state index in [9.17, 15) is 4.79 Å². The number of nitrogens with one attached hydrogen (secondary N) is 2. The van der Waals surface area contributed by atoms with Crippen LogP contribution < -0.4 is 20.1 Å². The first-order valence-electron chi connectivity index (χ1n) is 9.93. The normalized spacial score (nSPS) is 12.4. The Kier molecular flexibility index (Phi) is 6.52. The maximum Gasteiger partial charge on any atom is 0.257 e. The van der Waals surface area contributed by atoms with E-state index in [-0.39, 0.29) is 5.91 Å². The highest BCUT2D eigenvalue weighted by atomic mass is 35.5. The van der Waals surface area contributed by atoms with Crippen molar-refractivity contribution in [2.24, 2.45) is 0 Å². The van der Waals surface area contributed by atoms with E-state index in [4.69, 9.17) is 21.1 Å². The summed E-state index contributed by atoms with van der Waals surface area (Å²) in [5.41, 5.74) is 3.50. The van der Waals surface area contributed by atoms with Crippen LogP contribution in [0.5, 0.6) is 11.5 Å². The largest absolute Gasteiger partial charge is 0.486 e. The molecule has 0 saturated heterocycles. The predicted molar refractivity (Wildman–Crippen MR) is 119 cm³/mol. The number of carbonyl (C=O) groups excluding carboxylic acids is 1. The number of rotatable bonds is 7. The lowest BCUT2D eigenvalue weighted by atomic mass is 10.1. The molecule has 1 amide bonds. The molecule has 4 rings (SSSR count). The zero-order valence-corrected chi connectivity index (χ0v) is 17.2. The maximum atomic E-state index is 12.4. The van der Waals surface area contributed by atoms with E-state index >= 15 is 0 Å². The number of hydrogen-bond acceptors (Lipinski definition) is 4. The average Bonchev–Trinajstić information content (AvgIpc) is 2.77. The predicted octanol–water partition coefficient (Wildman–Crippen LogP) is 4.70. The summed E-state index contributed by atoms with van der Waals surface area (Å²) >= 11 is 6.11. The van der Waals surface area contributed by atoms with Gasteiger partial charge in [0, 0.05) is 12.2 Å². The van der Waals surface area contributed by atoms with Crippen molar-refractivity contribution in [3.63, 3.8) is 0 Å². The van der Waals surface area contributed by atoms with Crippen LogP contribution >= 0.6 is 11.6 Å². The van der Waals surface area contributed by atoms with E-state index in [0.717, 1.165) is 35.7 Å². The second-order valence-electron chi connectivity index (χ2n) is 7.04. The van der Waals surface area contributed by atoms with Crippen LogP contribution in [0.4, 0.5) is 5.69 Å². The van der Waals surface area contributed by atoms with Gasteiger partial charge < -0.3 is 20.1 Å². The number of amides is 1. The summed E-state index contributed by atoms with van der Waals surface area (Å²) in [6.45, 7) is 2.74. The zero-order valence-electron chi connectivity index (χ0n) is 16.5. The van der Waals surface area contributed by atoms with Gasteiger partial charge in [-0.15, -0.1) is 0 Å². The number of ether oxygens (including phenoxy) is 2. The van der Waals surface area contributed by atoms with Crippen LogP contribution in [0, 0.1) is 0 Å². The standard InChI is InChI=1S/C24H23ClN2O3/c25-21-7-2-1-6-20(21)24(28)27-19-5-3-4-18(14-19)16-26-11-10-17-8-9-22-23(15-17)30-13-12-29-22/h1-9,14-15,26H,10-13,16H2,(H,27,28). The molecule has 0 fully saturated rings. The second-order valence-corrected chi connectivity index (χ2v) is 7.45. The van der Waals surface area contributed by atoms with Gasteiger partial charge in [-0.1, -0.05) is 41.9 Å².